The lowest BCUT2D eigenvalue weighted by molar-refractivity contribution is -0.151. The first-order valence-electron chi connectivity index (χ1n) is 6.13. The molecule has 0 aromatic heterocycles. The topological polar surface area (TPSA) is 26.3 Å². The van der Waals surface area contributed by atoms with Crippen molar-refractivity contribution in [1.82, 2.24) is 0 Å². The van der Waals surface area contributed by atoms with Crippen molar-refractivity contribution >= 4 is 5.97 Å². The Hall–Kier alpha value is -1.57. The molecule has 0 heterocycles. The van der Waals surface area contributed by atoms with Gasteiger partial charge in [-0.05, 0) is 24.3 Å². The average Bonchev–Trinajstić information content (AvgIpc) is 2.38. The molecule has 2 rings (SSSR count). The minimum Gasteiger partial charge on any atom is -0.461 e. The van der Waals surface area contributed by atoms with E-state index in [0.717, 1.165) is 18.4 Å². The van der Waals surface area contributed by atoms with Gasteiger partial charge in [0.1, 0.15) is 6.61 Å². The summed E-state index contributed by atoms with van der Waals surface area (Å²) in [6.45, 7) is 2.49. The number of hydrogen-bond donors (Lipinski definition) is 0. The molecule has 0 fully saturated rings. The van der Waals surface area contributed by atoms with Crippen LogP contribution in [0.2, 0.25) is 0 Å². The van der Waals surface area contributed by atoms with Gasteiger partial charge in [-0.3, -0.25) is 4.79 Å². The molecule has 90 valence electrons. The molecular formula is C15H18O2. The highest BCUT2D eigenvalue weighted by atomic mass is 16.5. The van der Waals surface area contributed by atoms with Crippen LogP contribution in [0.25, 0.3) is 0 Å². The van der Waals surface area contributed by atoms with Gasteiger partial charge in [0.05, 0.1) is 5.92 Å². The SMILES string of the molecule is C[C@H]1CC=CC[C@@H]1C(=O)OCc1ccccc1. The third kappa shape index (κ3) is 3.19. The lowest BCUT2D eigenvalue weighted by atomic mass is 9.84. The number of allylic oxidation sites excluding steroid dienone is 2. The van der Waals surface area contributed by atoms with Gasteiger partial charge in [0.2, 0.25) is 0 Å². The smallest absolute Gasteiger partial charge is 0.309 e. The highest BCUT2D eigenvalue weighted by Gasteiger charge is 2.26. The number of hydrogen-bond acceptors (Lipinski definition) is 2. The largest absolute Gasteiger partial charge is 0.461 e. The van der Waals surface area contributed by atoms with Crippen molar-refractivity contribution in [2.75, 3.05) is 0 Å². The second kappa shape index (κ2) is 5.67. The number of esters is 1. The Balaban J connectivity index is 1.87. The quantitative estimate of drug-likeness (QED) is 0.588. The minimum absolute atomic E-state index is 0.0312. The summed E-state index contributed by atoms with van der Waals surface area (Å²) in [5, 5.41) is 0. The third-order valence-electron chi connectivity index (χ3n) is 3.28. The van der Waals surface area contributed by atoms with E-state index in [1.54, 1.807) is 0 Å². The molecule has 2 heteroatoms. The van der Waals surface area contributed by atoms with E-state index in [-0.39, 0.29) is 11.9 Å². The highest BCUT2D eigenvalue weighted by Crippen LogP contribution is 2.26. The molecule has 0 radical (unpaired) electrons. The maximum atomic E-state index is 11.9. The standard InChI is InChI=1S/C15H18O2/c1-12-7-5-6-10-14(12)15(16)17-11-13-8-3-2-4-9-13/h2-6,8-9,12,14H,7,10-11H2,1H3/t12-,14-/m0/s1. The van der Waals surface area contributed by atoms with E-state index in [1.165, 1.54) is 0 Å². The number of benzene rings is 1. The van der Waals surface area contributed by atoms with E-state index in [2.05, 4.69) is 19.1 Å². The first-order chi connectivity index (χ1) is 8.27. The highest BCUT2D eigenvalue weighted by molar-refractivity contribution is 5.73. The molecule has 1 aliphatic carbocycles. The summed E-state index contributed by atoms with van der Waals surface area (Å²) in [6.07, 6.45) is 6.01. The molecule has 0 unspecified atom stereocenters. The number of rotatable bonds is 3. The molecule has 0 amide bonds. The predicted molar refractivity (Wildman–Crippen MR) is 67.3 cm³/mol. The van der Waals surface area contributed by atoms with Gasteiger partial charge in [-0.25, -0.2) is 0 Å². The van der Waals surface area contributed by atoms with Crippen LogP contribution in [0, 0.1) is 11.8 Å². The van der Waals surface area contributed by atoms with Gasteiger partial charge >= 0.3 is 5.97 Å². The molecule has 17 heavy (non-hydrogen) atoms. The van der Waals surface area contributed by atoms with Gasteiger partial charge in [-0.1, -0.05) is 49.4 Å². The van der Waals surface area contributed by atoms with Gasteiger partial charge in [0, 0.05) is 0 Å². The fourth-order valence-corrected chi connectivity index (χ4v) is 2.11. The van der Waals surface area contributed by atoms with Crippen LogP contribution in [-0.2, 0) is 16.1 Å². The van der Waals surface area contributed by atoms with Crippen LogP contribution in [-0.4, -0.2) is 5.97 Å². The van der Waals surface area contributed by atoms with Gasteiger partial charge in [-0.2, -0.15) is 0 Å². The summed E-state index contributed by atoms with van der Waals surface area (Å²) >= 11 is 0. The van der Waals surface area contributed by atoms with Crippen molar-refractivity contribution in [3.63, 3.8) is 0 Å². The molecule has 1 aromatic rings. The normalized spacial score (nSPS) is 23.4. The Labute approximate surface area is 102 Å². The number of ether oxygens (including phenoxy) is 1. The van der Waals surface area contributed by atoms with Gasteiger partial charge in [-0.15, -0.1) is 0 Å². The van der Waals surface area contributed by atoms with Crippen LogP contribution in [0.3, 0.4) is 0 Å². The number of carbonyl (C=O) groups excluding carboxylic acids is 1. The zero-order valence-electron chi connectivity index (χ0n) is 10.1. The molecule has 2 atom stereocenters. The maximum absolute atomic E-state index is 11.9. The summed E-state index contributed by atoms with van der Waals surface area (Å²) in [5.74, 6) is 0.359. The fraction of sp³-hybridized carbons (Fsp3) is 0.400. The average molecular weight is 230 g/mol. The van der Waals surface area contributed by atoms with E-state index in [9.17, 15) is 4.79 Å². The summed E-state index contributed by atoms with van der Waals surface area (Å²) in [7, 11) is 0. The molecule has 0 saturated heterocycles. The lowest BCUT2D eigenvalue weighted by Crippen LogP contribution is -2.25. The summed E-state index contributed by atoms with van der Waals surface area (Å²) in [4.78, 5) is 11.9. The van der Waals surface area contributed by atoms with Gasteiger partial charge < -0.3 is 4.74 Å². The van der Waals surface area contributed by atoms with Crippen LogP contribution >= 0.6 is 0 Å². The molecule has 0 N–H and O–H groups in total. The van der Waals surface area contributed by atoms with Crippen LogP contribution in [0.5, 0.6) is 0 Å². The van der Waals surface area contributed by atoms with Crippen LogP contribution in [0.15, 0.2) is 42.5 Å². The van der Waals surface area contributed by atoms with Crippen molar-refractivity contribution in [2.45, 2.75) is 26.4 Å². The van der Waals surface area contributed by atoms with E-state index in [0.29, 0.717) is 12.5 Å². The van der Waals surface area contributed by atoms with Crippen molar-refractivity contribution in [2.24, 2.45) is 11.8 Å². The first-order valence-corrected chi connectivity index (χ1v) is 6.13. The third-order valence-corrected chi connectivity index (χ3v) is 3.28. The van der Waals surface area contributed by atoms with Crippen molar-refractivity contribution < 1.29 is 9.53 Å². The van der Waals surface area contributed by atoms with E-state index < -0.39 is 0 Å². The van der Waals surface area contributed by atoms with E-state index >= 15 is 0 Å². The summed E-state index contributed by atoms with van der Waals surface area (Å²) < 4.78 is 5.37. The first kappa shape index (κ1) is 11.9. The molecule has 1 aliphatic rings. The second-order valence-corrected chi connectivity index (χ2v) is 4.62. The fourth-order valence-electron chi connectivity index (χ4n) is 2.11. The molecule has 1 aromatic carbocycles. The van der Waals surface area contributed by atoms with Crippen LogP contribution in [0.1, 0.15) is 25.3 Å². The molecular weight excluding hydrogens is 212 g/mol. The van der Waals surface area contributed by atoms with Crippen molar-refractivity contribution in [3.05, 3.63) is 48.0 Å². The Morgan fingerprint density at radius 3 is 2.65 bits per heavy atom. The Morgan fingerprint density at radius 2 is 1.94 bits per heavy atom. The molecule has 0 bridgehead atoms. The monoisotopic (exact) mass is 230 g/mol. The second-order valence-electron chi connectivity index (χ2n) is 4.62. The zero-order valence-corrected chi connectivity index (χ0v) is 10.1. The molecule has 0 spiro atoms. The van der Waals surface area contributed by atoms with Gasteiger partial charge in [0.15, 0.2) is 0 Å². The minimum atomic E-state index is -0.0642. The predicted octanol–water partition coefficient (Wildman–Crippen LogP) is 3.33. The van der Waals surface area contributed by atoms with Crippen molar-refractivity contribution in [1.29, 1.82) is 0 Å². The molecule has 0 saturated carbocycles. The Morgan fingerprint density at radius 1 is 1.24 bits per heavy atom. The van der Waals surface area contributed by atoms with Crippen LogP contribution in [0.4, 0.5) is 0 Å². The molecule has 2 nitrogen and oxygen atoms in total. The van der Waals surface area contributed by atoms with E-state index in [1.807, 2.05) is 30.3 Å². The Kier molecular flexibility index (Phi) is 3.97. The van der Waals surface area contributed by atoms with E-state index in [4.69, 9.17) is 4.74 Å². The maximum Gasteiger partial charge on any atom is 0.309 e. The Bertz CT molecular complexity index is 395. The van der Waals surface area contributed by atoms with Crippen molar-refractivity contribution in [3.8, 4) is 0 Å². The lowest BCUT2D eigenvalue weighted by Gasteiger charge is -2.23. The summed E-state index contributed by atoms with van der Waals surface area (Å²) in [5.41, 5.74) is 1.04. The summed E-state index contributed by atoms with van der Waals surface area (Å²) in [6, 6.07) is 9.80. The van der Waals surface area contributed by atoms with Gasteiger partial charge in [0.25, 0.3) is 0 Å². The molecule has 0 aliphatic heterocycles. The zero-order chi connectivity index (χ0) is 12.1. The van der Waals surface area contributed by atoms with Crippen LogP contribution < -0.4 is 0 Å². The number of carbonyl (C=O) groups is 1.